The third-order valence-electron chi connectivity index (χ3n) is 11.9. The van der Waals surface area contributed by atoms with Gasteiger partial charge in [0.15, 0.2) is 0 Å². The van der Waals surface area contributed by atoms with Gasteiger partial charge in [0, 0.05) is 44.6 Å². The highest BCUT2D eigenvalue weighted by molar-refractivity contribution is 7.03. The van der Waals surface area contributed by atoms with E-state index in [2.05, 4.69) is 223 Å². The zero-order valence-corrected chi connectivity index (χ0v) is 32.9. The summed E-state index contributed by atoms with van der Waals surface area (Å²) in [6.07, 6.45) is 0. The highest BCUT2D eigenvalue weighted by atomic mass is 28.3. The molecule has 10 aromatic rings. The average Bonchev–Trinajstić information content (AvgIpc) is 3.61. The summed E-state index contributed by atoms with van der Waals surface area (Å²) in [6, 6.07) is 72.8. The molecule has 0 fully saturated rings. The fraction of sp³-hybridized carbons (Fsp3) is 0.0377. The Balaban J connectivity index is 1.19. The minimum atomic E-state index is -2.37. The van der Waals surface area contributed by atoms with Crippen molar-refractivity contribution < 1.29 is 0 Å². The van der Waals surface area contributed by atoms with Crippen LogP contribution in [-0.4, -0.2) is 17.6 Å². The van der Waals surface area contributed by atoms with Crippen LogP contribution in [-0.2, 0) is 0 Å². The molecular weight excluding hydrogens is 707 g/mol. The lowest BCUT2D eigenvalue weighted by Crippen LogP contribution is -2.57. The van der Waals surface area contributed by atoms with Gasteiger partial charge in [-0.1, -0.05) is 153 Å². The molecule has 1 aliphatic rings. The van der Waals surface area contributed by atoms with Crippen LogP contribution in [0.4, 0.5) is 17.1 Å². The number of anilines is 3. The number of fused-ring (bicyclic) bond motifs is 7. The maximum Gasteiger partial charge on any atom is 0.117 e. The van der Waals surface area contributed by atoms with Gasteiger partial charge in [0.05, 0.1) is 22.4 Å². The van der Waals surface area contributed by atoms with Crippen LogP contribution in [0.15, 0.2) is 200 Å². The number of pyridine rings is 1. The van der Waals surface area contributed by atoms with Gasteiger partial charge in [0.2, 0.25) is 0 Å². The SMILES string of the molecule is C[Si]1(C)c2cc(-c3cc(-c4ccccc4)cc(-c4ccccc4)n3)ccc2-n2c3ccc4ccccc4c3c3cc(N(c4ccccc4)c4ccccc4)cc1c32. The molecule has 3 nitrogen and oxygen atoms in total. The maximum atomic E-state index is 5.36. The van der Waals surface area contributed by atoms with Gasteiger partial charge in [-0.15, -0.1) is 0 Å². The number of para-hydroxylation sites is 2. The lowest BCUT2D eigenvalue weighted by Gasteiger charge is -2.35. The normalized spacial score (nSPS) is 12.9. The van der Waals surface area contributed by atoms with E-state index < -0.39 is 8.07 Å². The van der Waals surface area contributed by atoms with Gasteiger partial charge in [-0.05, 0) is 92.9 Å². The summed E-state index contributed by atoms with van der Waals surface area (Å²) in [4.78, 5) is 7.78. The molecule has 0 bridgehead atoms. The van der Waals surface area contributed by atoms with Crippen molar-refractivity contribution in [2.75, 3.05) is 4.90 Å². The average molecular weight is 746 g/mol. The molecule has 0 spiro atoms. The molecule has 57 heavy (non-hydrogen) atoms. The van der Waals surface area contributed by atoms with E-state index in [0.717, 1.165) is 39.5 Å². The number of hydrogen-bond acceptors (Lipinski definition) is 2. The minimum Gasteiger partial charge on any atom is -0.310 e. The van der Waals surface area contributed by atoms with Crippen LogP contribution in [0.2, 0.25) is 13.1 Å². The summed E-state index contributed by atoms with van der Waals surface area (Å²) in [5, 5.41) is 7.99. The van der Waals surface area contributed by atoms with Gasteiger partial charge in [-0.25, -0.2) is 4.98 Å². The maximum absolute atomic E-state index is 5.36. The van der Waals surface area contributed by atoms with Crippen LogP contribution in [0.25, 0.3) is 71.9 Å². The van der Waals surface area contributed by atoms with Crippen molar-refractivity contribution in [2.24, 2.45) is 0 Å². The highest BCUT2D eigenvalue weighted by Crippen LogP contribution is 2.43. The molecule has 0 unspecified atom stereocenters. The Labute approximate surface area is 333 Å². The minimum absolute atomic E-state index is 0.975. The fourth-order valence-corrected chi connectivity index (χ4v) is 12.1. The van der Waals surface area contributed by atoms with Crippen molar-refractivity contribution in [3.8, 4) is 39.3 Å². The van der Waals surface area contributed by atoms with Gasteiger partial charge in [-0.3, -0.25) is 0 Å². The van der Waals surface area contributed by atoms with Crippen molar-refractivity contribution in [2.45, 2.75) is 13.1 Å². The number of benzene rings is 8. The van der Waals surface area contributed by atoms with Crippen LogP contribution in [0.5, 0.6) is 0 Å². The molecule has 270 valence electrons. The molecule has 0 saturated heterocycles. The smallest absolute Gasteiger partial charge is 0.117 e. The zero-order chi connectivity index (χ0) is 38.1. The van der Waals surface area contributed by atoms with Gasteiger partial charge >= 0.3 is 0 Å². The molecule has 11 rings (SSSR count). The summed E-state index contributed by atoms with van der Waals surface area (Å²) in [7, 11) is -2.37. The van der Waals surface area contributed by atoms with E-state index in [0.29, 0.717) is 0 Å². The van der Waals surface area contributed by atoms with Crippen LogP contribution in [0.1, 0.15) is 0 Å². The molecular formula is C53H39N3Si. The van der Waals surface area contributed by atoms with Crippen LogP contribution in [0, 0.1) is 0 Å². The number of rotatable bonds is 6. The Morgan fingerprint density at radius 3 is 1.72 bits per heavy atom. The number of aromatic nitrogens is 2. The van der Waals surface area contributed by atoms with Crippen molar-refractivity contribution >= 4 is 68.1 Å². The highest BCUT2D eigenvalue weighted by Gasteiger charge is 2.38. The van der Waals surface area contributed by atoms with E-state index >= 15 is 0 Å². The molecule has 0 aliphatic carbocycles. The predicted molar refractivity (Wildman–Crippen MR) is 244 cm³/mol. The van der Waals surface area contributed by atoms with Gasteiger partial charge in [-0.2, -0.15) is 0 Å². The van der Waals surface area contributed by atoms with Crippen molar-refractivity contribution in [3.63, 3.8) is 0 Å². The van der Waals surface area contributed by atoms with Gasteiger partial charge in [0.1, 0.15) is 8.07 Å². The van der Waals surface area contributed by atoms with Crippen LogP contribution >= 0.6 is 0 Å². The summed E-state index contributed by atoms with van der Waals surface area (Å²) in [6.45, 7) is 5.07. The molecule has 4 heteroatoms. The number of nitrogens with zero attached hydrogens (tertiary/aromatic N) is 3. The Morgan fingerprint density at radius 1 is 0.439 bits per heavy atom. The second-order valence-corrected chi connectivity index (χ2v) is 20.0. The van der Waals surface area contributed by atoms with Crippen molar-refractivity contribution in [3.05, 3.63) is 200 Å². The first kappa shape index (κ1) is 33.3. The first-order valence-corrected chi connectivity index (χ1v) is 22.7. The first-order chi connectivity index (χ1) is 28.0. The molecule has 1 aliphatic heterocycles. The van der Waals surface area contributed by atoms with E-state index in [9.17, 15) is 0 Å². The van der Waals surface area contributed by atoms with Gasteiger partial charge in [0.25, 0.3) is 0 Å². The third kappa shape index (κ3) is 5.36. The third-order valence-corrected chi connectivity index (χ3v) is 15.4. The topological polar surface area (TPSA) is 21.1 Å². The van der Waals surface area contributed by atoms with E-state index in [1.165, 1.54) is 59.9 Å². The van der Waals surface area contributed by atoms with Crippen LogP contribution < -0.4 is 15.3 Å². The lowest BCUT2D eigenvalue weighted by molar-refractivity contribution is 1.18. The monoisotopic (exact) mass is 745 g/mol. The molecule has 0 radical (unpaired) electrons. The van der Waals surface area contributed by atoms with Crippen molar-refractivity contribution in [1.82, 2.24) is 9.55 Å². The summed E-state index contributed by atoms with van der Waals surface area (Å²) >= 11 is 0. The van der Waals surface area contributed by atoms with E-state index in [1.54, 1.807) is 0 Å². The standard InChI is InChI=1S/C53H39N3Si/c1-57(2)50-33-39(47-32-40(36-17-7-3-8-18-36)31-46(54-47)38-20-9-4-10-21-38)28-29-48(50)56-49-30-27-37-19-15-16-26-44(37)52(49)45-34-43(35-51(57)53(45)56)55(41-22-11-5-12-23-41)42-24-13-6-14-25-42/h3-35H,1-2H3. The number of hydrogen-bond donors (Lipinski definition) is 0. The second-order valence-electron chi connectivity index (χ2n) is 15.6. The van der Waals surface area contributed by atoms with Crippen LogP contribution in [0.3, 0.4) is 0 Å². The van der Waals surface area contributed by atoms with Crippen molar-refractivity contribution in [1.29, 1.82) is 0 Å². The van der Waals surface area contributed by atoms with E-state index in [1.807, 2.05) is 0 Å². The Bertz CT molecular complexity index is 3040. The first-order valence-electron chi connectivity index (χ1n) is 19.7. The molecule has 3 heterocycles. The molecule has 0 saturated carbocycles. The molecule has 0 amide bonds. The summed E-state index contributed by atoms with van der Waals surface area (Å²) in [5.74, 6) is 0. The summed E-state index contributed by atoms with van der Waals surface area (Å²) < 4.78 is 2.56. The predicted octanol–water partition coefficient (Wildman–Crippen LogP) is 12.9. The van der Waals surface area contributed by atoms with E-state index in [-0.39, 0.29) is 0 Å². The quantitative estimate of drug-likeness (QED) is 0.158. The molecule has 2 aromatic heterocycles. The molecule has 8 aromatic carbocycles. The Morgan fingerprint density at radius 2 is 1.04 bits per heavy atom. The molecule has 0 N–H and O–H groups in total. The largest absolute Gasteiger partial charge is 0.310 e. The fourth-order valence-electron chi connectivity index (χ4n) is 9.13. The second kappa shape index (κ2) is 13.0. The Kier molecular flexibility index (Phi) is 7.63. The van der Waals surface area contributed by atoms with Gasteiger partial charge < -0.3 is 9.47 Å². The van der Waals surface area contributed by atoms with E-state index in [4.69, 9.17) is 4.98 Å². The Hall–Kier alpha value is -7.01. The summed E-state index contributed by atoms with van der Waals surface area (Å²) in [5.41, 5.74) is 13.8. The lowest BCUT2D eigenvalue weighted by atomic mass is 10.00. The molecule has 0 atom stereocenters. The zero-order valence-electron chi connectivity index (χ0n) is 31.9.